The second kappa shape index (κ2) is 5.34. The predicted molar refractivity (Wildman–Crippen MR) is 74.6 cm³/mol. The topological polar surface area (TPSA) is 104 Å². The SMILES string of the molecule is COC1(c2noc(-c3cccc(N)c3O)n2)CCOCC1. The molecule has 112 valence electrons. The molecule has 2 aromatic rings. The largest absolute Gasteiger partial charge is 0.505 e. The fourth-order valence-corrected chi connectivity index (χ4v) is 2.47. The maximum Gasteiger partial charge on any atom is 0.261 e. The molecule has 1 aromatic heterocycles. The fourth-order valence-electron chi connectivity index (χ4n) is 2.47. The number of benzene rings is 1. The van der Waals surface area contributed by atoms with Crippen LogP contribution in [0.3, 0.4) is 0 Å². The molecule has 1 aromatic carbocycles. The van der Waals surface area contributed by atoms with E-state index in [1.807, 2.05) is 0 Å². The normalized spacial score (nSPS) is 17.8. The third-order valence-corrected chi connectivity index (χ3v) is 3.82. The van der Waals surface area contributed by atoms with Crippen LogP contribution in [0.4, 0.5) is 5.69 Å². The first kappa shape index (κ1) is 13.8. The number of phenolic OH excluding ortho intramolecular Hbond substituents is 1. The number of rotatable bonds is 3. The Morgan fingerprint density at radius 3 is 2.81 bits per heavy atom. The maximum atomic E-state index is 9.99. The molecule has 1 aliphatic rings. The van der Waals surface area contributed by atoms with Crippen molar-refractivity contribution in [3.8, 4) is 17.2 Å². The Bertz CT molecular complexity index is 635. The summed E-state index contributed by atoms with van der Waals surface area (Å²) < 4.78 is 16.2. The Morgan fingerprint density at radius 2 is 2.10 bits per heavy atom. The minimum atomic E-state index is -0.601. The van der Waals surface area contributed by atoms with Gasteiger partial charge in [-0.15, -0.1) is 0 Å². The molecule has 3 rings (SSSR count). The number of methoxy groups -OCH3 is 1. The number of nitrogens with zero attached hydrogens (tertiary/aromatic N) is 2. The first-order valence-corrected chi connectivity index (χ1v) is 6.71. The van der Waals surface area contributed by atoms with Crippen LogP contribution in [0.5, 0.6) is 5.75 Å². The summed E-state index contributed by atoms with van der Waals surface area (Å²) >= 11 is 0. The van der Waals surface area contributed by atoms with Gasteiger partial charge in [0, 0.05) is 33.2 Å². The van der Waals surface area contributed by atoms with Gasteiger partial charge in [-0.2, -0.15) is 4.98 Å². The van der Waals surface area contributed by atoms with Crippen LogP contribution in [0.1, 0.15) is 18.7 Å². The quantitative estimate of drug-likeness (QED) is 0.654. The number of para-hydroxylation sites is 1. The molecule has 1 aliphatic heterocycles. The van der Waals surface area contributed by atoms with Crippen molar-refractivity contribution >= 4 is 5.69 Å². The second-order valence-electron chi connectivity index (χ2n) is 4.98. The molecular weight excluding hydrogens is 274 g/mol. The van der Waals surface area contributed by atoms with Gasteiger partial charge in [-0.05, 0) is 12.1 Å². The average molecular weight is 291 g/mol. The first-order valence-electron chi connectivity index (χ1n) is 6.71. The van der Waals surface area contributed by atoms with Gasteiger partial charge in [0.1, 0.15) is 5.60 Å². The van der Waals surface area contributed by atoms with E-state index in [1.165, 1.54) is 0 Å². The third-order valence-electron chi connectivity index (χ3n) is 3.82. The summed E-state index contributed by atoms with van der Waals surface area (Å²) in [5.41, 5.74) is 5.75. The standard InChI is InChI=1S/C14H17N3O4/c1-19-14(5-7-20-8-6-14)13-16-12(21-17-13)9-3-2-4-10(15)11(9)18/h2-4,18H,5-8,15H2,1H3. The van der Waals surface area contributed by atoms with Gasteiger partial charge in [0.25, 0.3) is 5.89 Å². The molecule has 21 heavy (non-hydrogen) atoms. The van der Waals surface area contributed by atoms with E-state index >= 15 is 0 Å². The molecule has 2 heterocycles. The highest BCUT2D eigenvalue weighted by Crippen LogP contribution is 2.37. The van der Waals surface area contributed by atoms with Crippen LogP contribution in [0.15, 0.2) is 22.7 Å². The van der Waals surface area contributed by atoms with Gasteiger partial charge in [0.2, 0.25) is 5.82 Å². The van der Waals surface area contributed by atoms with Crippen molar-refractivity contribution in [2.75, 3.05) is 26.1 Å². The highest BCUT2D eigenvalue weighted by atomic mass is 16.5. The van der Waals surface area contributed by atoms with E-state index in [4.69, 9.17) is 19.7 Å². The molecule has 0 spiro atoms. The second-order valence-corrected chi connectivity index (χ2v) is 4.98. The Kier molecular flexibility index (Phi) is 3.52. The molecule has 0 atom stereocenters. The predicted octanol–water partition coefficient (Wildman–Crippen LogP) is 1.68. The van der Waals surface area contributed by atoms with E-state index in [0.29, 0.717) is 37.4 Å². The van der Waals surface area contributed by atoms with E-state index in [9.17, 15) is 5.11 Å². The summed E-state index contributed by atoms with van der Waals surface area (Å²) in [5, 5.41) is 14.0. The van der Waals surface area contributed by atoms with Gasteiger partial charge < -0.3 is 24.8 Å². The van der Waals surface area contributed by atoms with Crippen LogP contribution in [0.25, 0.3) is 11.5 Å². The van der Waals surface area contributed by atoms with Crippen LogP contribution in [0.2, 0.25) is 0 Å². The highest BCUT2D eigenvalue weighted by Gasteiger charge is 2.39. The number of phenols is 1. The minimum Gasteiger partial charge on any atom is -0.505 e. The summed E-state index contributed by atoms with van der Waals surface area (Å²) in [4.78, 5) is 4.38. The number of ether oxygens (including phenoxy) is 2. The highest BCUT2D eigenvalue weighted by molar-refractivity contribution is 5.71. The molecule has 7 heteroatoms. The lowest BCUT2D eigenvalue weighted by molar-refractivity contribution is -0.101. The molecule has 0 aliphatic carbocycles. The Balaban J connectivity index is 1.98. The van der Waals surface area contributed by atoms with Crippen LogP contribution in [-0.4, -0.2) is 35.6 Å². The zero-order valence-electron chi connectivity index (χ0n) is 11.7. The van der Waals surface area contributed by atoms with Crippen molar-refractivity contribution in [3.63, 3.8) is 0 Å². The van der Waals surface area contributed by atoms with Crippen molar-refractivity contribution in [2.45, 2.75) is 18.4 Å². The number of hydrogen-bond acceptors (Lipinski definition) is 7. The van der Waals surface area contributed by atoms with Crippen molar-refractivity contribution in [2.24, 2.45) is 0 Å². The number of aromatic hydroxyl groups is 1. The Hall–Kier alpha value is -2.12. The molecule has 0 radical (unpaired) electrons. The van der Waals surface area contributed by atoms with Crippen molar-refractivity contribution < 1.29 is 19.1 Å². The zero-order chi connectivity index (χ0) is 14.9. The lowest BCUT2D eigenvalue weighted by atomic mass is 9.93. The zero-order valence-corrected chi connectivity index (χ0v) is 11.7. The third kappa shape index (κ3) is 2.34. The van der Waals surface area contributed by atoms with Crippen LogP contribution < -0.4 is 5.73 Å². The molecular formula is C14H17N3O4. The Labute approximate surface area is 121 Å². The van der Waals surface area contributed by atoms with Gasteiger partial charge in [-0.25, -0.2) is 0 Å². The molecule has 1 saturated heterocycles. The lowest BCUT2D eigenvalue weighted by Crippen LogP contribution is -2.36. The molecule has 3 N–H and O–H groups in total. The summed E-state index contributed by atoms with van der Waals surface area (Å²) in [5.74, 6) is 0.619. The number of hydrogen-bond donors (Lipinski definition) is 2. The number of aromatic nitrogens is 2. The summed E-state index contributed by atoms with van der Waals surface area (Å²) in [6.45, 7) is 1.17. The van der Waals surface area contributed by atoms with Crippen LogP contribution in [-0.2, 0) is 15.1 Å². The van der Waals surface area contributed by atoms with E-state index in [-0.39, 0.29) is 17.3 Å². The van der Waals surface area contributed by atoms with Gasteiger partial charge in [-0.3, -0.25) is 0 Å². The smallest absolute Gasteiger partial charge is 0.261 e. The molecule has 0 bridgehead atoms. The van der Waals surface area contributed by atoms with Crippen molar-refractivity contribution in [1.29, 1.82) is 0 Å². The first-order chi connectivity index (χ1) is 10.2. The maximum absolute atomic E-state index is 9.99. The van der Waals surface area contributed by atoms with E-state index in [2.05, 4.69) is 10.1 Å². The molecule has 1 fully saturated rings. The monoisotopic (exact) mass is 291 g/mol. The van der Waals surface area contributed by atoms with Crippen LogP contribution >= 0.6 is 0 Å². The van der Waals surface area contributed by atoms with Crippen molar-refractivity contribution in [3.05, 3.63) is 24.0 Å². The summed E-state index contributed by atoms with van der Waals surface area (Å²) in [7, 11) is 1.62. The van der Waals surface area contributed by atoms with Gasteiger partial charge in [0.15, 0.2) is 5.75 Å². The number of anilines is 1. The molecule has 0 amide bonds. The van der Waals surface area contributed by atoms with Gasteiger partial charge >= 0.3 is 0 Å². The van der Waals surface area contributed by atoms with E-state index in [1.54, 1.807) is 25.3 Å². The van der Waals surface area contributed by atoms with E-state index < -0.39 is 5.60 Å². The average Bonchev–Trinajstić information content (AvgIpc) is 3.01. The summed E-state index contributed by atoms with van der Waals surface area (Å²) in [6.07, 6.45) is 1.32. The molecule has 0 unspecified atom stereocenters. The van der Waals surface area contributed by atoms with Gasteiger partial charge in [0.05, 0.1) is 11.3 Å². The van der Waals surface area contributed by atoms with Gasteiger partial charge in [-0.1, -0.05) is 11.2 Å². The fraction of sp³-hybridized carbons (Fsp3) is 0.429. The number of nitrogen functional groups attached to an aromatic ring is 1. The lowest BCUT2D eigenvalue weighted by Gasteiger charge is -2.32. The molecule has 7 nitrogen and oxygen atoms in total. The van der Waals surface area contributed by atoms with Crippen LogP contribution in [0, 0.1) is 0 Å². The van der Waals surface area contributed by atoms with E-state index in [0.717, 1.165) is 0 Å². The molecule has 0 saturated carbocycles. The Morgan fingerprint density at radius 1 is 1.33 bits per heavy atom. The summed E-state index contributed by atoms with van der Waals surface area (Å²) in [6, 6.07) is 4.99. The van der Waals surface area contributed by atoms with Crippen molar-refractivity contribution in [1.82, 2.24) is 10.1 Å². The minimum absolute atomic E-state index is 0.0638. The number of nitrogens with two attached hydrogens (primary N) is 1.